The summed E-state index contributed by atoms with van der Waals surface area (Å²) >= 11 is 0. The summed E-state index contributed by atoms with van der Waals surface area (Å²) < 4.78 is 10.7. The molecule has 1 aromatic heterocycles. The Kier molecular flexibility index (Phi) is 7.70. The zero-order valence-corrected chi connectivity index (χ0v) is 20.6. The molecule has 2 saturated heterocycles. The van der Waals surface area contributed by atoms with Gasteiger partial charge in [0, 0.05) is 62.5 Å². The van der Waals surface area contributed by atoms with Crippen molar-refractivity contribution in [2.75, 3.05) is 64.5 Å². The minimum absolute atomic E-state index is 0.0230. The van der Waals surface area contributed by atoms with E-state index in [2.05, 4.69) is 9.97 Å². The Morgan fingerprint density at radius 2 is 1.74 bits per heavy atom. The number of morpholine rings is 1. The number of aromatic amines is 1. The lowest BCUT2D eigenvalue weighted by molar-refractivity contribution is -0.132. The minimum Gasteiger partial charge on any atom is -0.496 e. The maximum absolute atomic E-state index is 12.9. The van der Waals surface area contributed by atoms with E-state index in [1.807, 2.05) is 24.8 Å². The zero-order valence-electron chi connectivity index (χ0n) is 20.6. The number of ether oxygens (including phenoxy) is 2. The van der Waals surface area contributed by atoms with E-state index in [-0.39, 0.29) is 23.8 Å². The van der Waals surface area contributed by atoms with Crippen molar-refractivity contribution >= 4 is 17.8 Å². The Hall–Kier alpha value is -3.40. The van der Waals surface area contributed by atoms with Crippen LogP contribution in [0.25, 0.3) is 0 Å². The molecule has 2 aliphatic rings. The summed E-state index contributed by atoms with van der Waals surface area (Å²) in [5.41, 5.74) is 2.54. The quantitative estimate of drug-likeness (QED) is 0.657. The molecule has 10 heteroatoms. The third-order valence-corrected chi connectivity index (χ3v) is 6.68. The van der Waals surface area contributed by atoms with Crippen molar-refractivity contribution in [1.82, 2.24) is 19.8 Å². The molecule has 4 rings (SSSR count). The van der Waals surface area contributed by atoms with Gasteiger partial charge in [-0.2, -0.15) is 0 Å². The molecule has 1 N–H and O–H groups in total. The summed E-state index contributed by atoms with van der Waals surface area (Å²) in [6.07, 6.45) is 0.560. The number of aromatic nitrogens is 2. The Bertz CT molecular complexity index is 1130. The van der Waals surface area contributed by atoms with E-state index < -0.39 is 0 Å². The predicted octanol–water partition coefficient (Wildman–Crippen LogP) is 1.15. The third kappa shape index (κ3) is 5.64. The molecule has 188 valence electrons. The third-order valence-electron chi connectivity index (χ3n) is 6.68. The summed E-state index contributed by atoms with van der Waals surface area (Å²) in [7, 11) is 1.59. The lowest BCUT2D eigenvalue weighted by Gasteiger charge is -2.35. The Balaban J connectivity index is 1.31. The number of hydrogen-bond donors (Lipinski definition) is 1. The topological polar surface area (TPSA) is 108 Å². The van der Waals surface area contributed by atoms with Crippen molar-refractivity contribution in [3.63, 3.8) is 0 Å². The van der Waals surface area contributed by atoms with E-state index in [4.69, 9.17) is 9.47 Å². The first kappa shape index (κ1) is 24.7. The lowest BCUT2D eigenvalue weighted by Crippen LogP contribution is -2.50. The van der Waals surface area contributed by atoms with Crippen LogP contribution >= 0.6 is 0 Å². The van der Waals surface area contributed by atoms with Gasteiger partial charge in [-0.1, -0.05) is 6.07 Å². The van der Waals surface area contributed by atoms with Crippen molar-refractivity contribution in [3.05, 3.63) is 50.9 Å². The number of benzene rings is 1. The Morgan fingerprint density at radius 3 is 2.40 bits per heavy atom. The van der Waals surface area contributed by atoms with Crippen LogP contribution in [0.5, 0.6) is 5.75 Å². The van der Waals surface area contributed by atoms with Crippen molar-refractivity contribution < 1.29 is 19.1 Å². The maximum Gasteiger partial charge on any atom is 0.255 e. The van der Waals surface area contributed by atoms with E-state index in [0.29, 0.717) is 87.4 Å². The Labute approximate surface area is 204 Å². The average Bonchev–Trinajstić information content (AvgIpc) is 2.88. The molecule has 0 saturated carbocycles. The number of piperazine rings is 1. The van der Waals surface area contributed by atoms with Crippen molar-refractivity contribution in [2.24, 2.45) is 0 Å². The molecule has 0 spiro atoms. The highest BCUT2D eigenvalue weighted by atomic mass is 16.5. The van der Waals surface area contributed by atoms with E-state index in [0.717, 1.165) is 5.56 Å². The number of carbonyl (C=O) groups is 2. The van der Waals surface area contributed by atoms with Crippen LogP contribution in [0.4, 0.5) is 5.95 Å². The van der Waals surface area contributed by atoms with Crippen LogP contribution < -0.4 is 15.2 Å². The van der Waals surface area contributed by atoms with Crippen LogP contribution in [-0.2, 0) is 16.0 Å². The first-order chi connectivity index (χ1) is 16.9. The molecular weight excluding hydrogens is 450 g/mol. The maximum atomic E-state index is 12.9. The number of amides is 2. The van der Waals surface area contributed by atoms with E-state index in [1.54, 1.807) is 29.0 Å². The lowest BCUT2D eigenvalue weighted by atomic mass is 10.1. The van der Waals surface area contributed by atoms with Gasteiger partial charge in [0.1, 0.15) is 5.75 Å². The van der Waals surface area contributed by atoms with Crippen LogP contribution in [0.2, 0.25) is 0 Å². The summed E-state index contributed by atoms with van der Waals surface area (Å²) in [6, 6.07) is 5.43. The van der Waals surface area contributed by atoms with Gasteiger partial charge in [0.25, 0.3) is 11.5 Å². The number of anilines is 1. The number of hydrogen-bond acceptors (Lipinski definition) is 7. The predicted molar refractivity (Wildman–Crippen MR) is 131 cm³/mol. The van der Waals surface area contributed by atoms with Crippen LogP contribution in [-0.4, -0.2) is 91.2 Å². The van der Waals surface area contributed by atoms with Crippen LogP contribution in [0.15, 0.2) is 23.0 Å². The molecule has 2 aliphatic heterocycles. The molecule has 0 unspecified atom stereocenters. The summed E-state index contributed by atoms with van der Waals surface area (Å²) in [5.74, 6) is 1.15. The van der Waals surface area contributed by atoms with Gasteiger partial charge >= 0.3 is 0 Å². The molecule has 1 aromatic carbocycles. The summed E-state index contributed by atoms with van der Waals surface area (Å²) in [6.45, 7) is 8.21. The fraction of sp³-hybridized carbons (Fsp3) is 0.520. The first-order valence-corrected chi connectivity index (χ1v) is 12.0. The van der Waals surface area contributed by atoms with Crippen LogP contribution in [0, 0.1) is 13.8 Å². The highest BCUT2D eigenvalue weighted by Gasteiger charge is 2.25. The smallest absolute Gasteiger partial charge is 0.255 e. The fourth-order valence-corrected chi connectivity index (χ4v) is 4.50. The first-order valence-electron chi connectivity index (χ1n) is 12.0. The van der Waals surface area contributed by atoms with Crippen molar-refractivity contribution in [2.45, 2.75) is 26.7 Å². The number of nitrogens with one attached hydrogen (secondary N) is 1. The van der Waals surface area contributed by atoms with Gasteiger partial charge < -0.3 is 24.2 Å². The van der Waals surface area contributed by atoms with Crippen LogP contribution in [0.3, 0.4) is 0 Å². The van der Waals surface area contributed by atoms with Crippen molar-refractivity contribution in [3.8, 4) is 5.75 Å². The van der Waals surface area contributed by atoms with E-state index in [1.165, 1.54) is 0 Å². The molecule has 10 nitrogen and oxygen atoms in total. The number of rotatable bonds is 6. The molecular formula is C25H33N5O5. The number of H-pyrrole nitrogens is 1. The number of aryl methyl sites for hydroxylation is 2. The van der Waals surface area contributed by atoms with Crippen LogP contribution in [0.1, 0.15) is 33.6 Å². The molecule has 0 atom stereocenters. The molecule has 0 aliphatic carbocycles. The zero-order chi connectivity index (χ0) is 24.9. The monoisotopic (exact) mass is 483 g/mol. The average molecular weight is 484 g/mol. The van der Waals surface area contributed by atoms with Gasteiger partial charge in [0.05, 0.1) is 20.3 Å². The van der Waals surface area contributed by atoms with Crippen molar-refractivity contribution in [1.29, 1.82) is 0 Å². The van der Waals surface area contributed by atoms with E-state index in [9.17, 15) is 14.4 Å². The summed E-state index contributed by atoms with van der Waals surface area (Å²) in [4.78, 5) is 51.3. The molecule has 35 heavy (non-hydrogen) atoms. The second-order valence-electron chi connectivity index (χ2n) is 8.91. The second-order valence-corrected chi connectivity index (χ2v) is 8.91. The van der Waals surface area contributed by atoms with Gasteiger partial charge in [-0.3, -0.25) is 19.4 Å². The van der Waals surface area contributed by atoms with Gasteiger partial charge in [0.15, 0.2) is 0 Å². The van der Waals surface area contributed by atoms with Gasteiger partial charge in [-0.15, -0.1) is 0 Å². The van der Waals surface area contributed by atoms with Gasteiger partial charge in [-0.05, 0) is 38.0 Å². The molecule has 3 heterocycles. The largest absolute Gasteiger partial charge is 0.496 e. The number of nitrogens with zero attached hydrogens (tertiary/aromatic N) is 4. The highest BCUT2D eigenvalue weighted by molar-refractivity contribution is 5.95. The second kappa shape index (κ2) is 10.9. The van der Waals surface area contributed by atoms with E-state index >= 15 is 0 Å². The molecule has 0 bridgehead atoms. The van der Waals surface area contributed by atoms with Gasteiger partial charge in [-0.25, -0.2) is 4.98 Å². The molecule has 0 radical (unpaired) electrons. The van der Waals surface area contributed by atoms with Gasteiger partial charge in [0.2, 0.25) is 11.9 Å². The molecule has 2 fully saturated rings. The highest BCUT2D eigenvalue weighted by Crippen LogP contribution is 2.21. The molecule has 2 amide bonds. The fourth-order valence-electron chi connectivity index (χ4n) is 4.50. The molecule has 2 aromatic rings. The number of carbonyl (C=O) groups excluding carboxylic acids is 2. The number of methoxy groups -OCH3 is 1. The summed E-state index contributed by atoms with van der Waals surface area (Å²) in [5, 5.41) is 0. The normalized spacial score (nSPS) is 16.4. The SMILES string of the molecule is COc1cc(C(=O)N2CCN(C(=O)CCc3c(C)nc(N4CCOCC4)[nH]c3=O)CC2)ccc1C. The minimum atomic E-state index is -0.198. The Morgan fingerprint density at radius 1 is 1.06 bits per heavy atom. The standard InChI is InChI=1S/C25H33N5O5/c1-17-4-5-19(16-21(17)34-3)24(33)29-10-8-28(9-11-29)22(31)7-6-20-18(2)26-25(27-23(20)32)30-12-14-35-15-13-30/h4-5,16H,6-15H2,1-3H3,(H,26,27,32).